The van der Waals surface area contributed by atoms with Crippen molar-refractivity contribution in [3.63, 3.8) is 0 Å². The normalized spacial score (nSPS) is 16.1. The lowest BCUT2D eigenvalue weighted by atomic mass is 9.96. The summed E-state index contributed by atoms with van der Waals surface area (Å²) in [5.41, 5.74) is 0.604. The van der Waals surface area contributed by atoms with Crippen molar-refractivity contribution in [2.24, 2.45) is 5.92 Å². The zero-order valence-corrected chi connectivity index (χ0v) is 12.5. The first-order valence-corrected chi connectivity index (χ1v) is 7.61. The first-order valence-electron chi connectivity index (χ1n) is 7.23. The van der Waals surface area contributed by atoms with Crippen LogP contribution in [-0.4, -0.2) is 33.4 Å². The van der Waals surface area contributed by atoms with Crippen molar-refractivity contribution in [2.75, 3.05) is 13.1 Å². The van der Waals surface area contributed by atoms with Gasteiger partial charge in [0.1, 0.15) is 0 Å². The summed E-state index contributed by atoms with van der Waals surface area (Å²) in [5, 5.41) is 0.531. The van der Waals surface area contributed by atoms with Crippen molar-refractivity contribution in [3.05, 3.63) is 53.6 Å². The Balaban J connectivity index is 1.58. The number of aromatic nitrogens is 2. The molecule has 3 rings (SSSR count). The van der Waals surface area contributed by atoms with Crippen molar-refractivity contribution in [3.8, 4) is 0 Å². The molecular weight excluding hydrogens is 286 g/mol. The molecule has 1 amide bonds. The monoisotopic (exact) mass is 303 g/mol. The van der Waals surface area contributed by atoms with E-state index in [-0.39, 0.29) is 5.91 Å². The third-order valence-corrected chi connectivity index (χ3v) is 4.36. The molecule has 1 aromatic heterocycles. The summed E-state index contributed by atoms with van der Waals surface area (Å²) in [6.07, 6.45) is 7.68. The Bertz CT molecular complexity index is 604. The van der Waals surface area contributed by atoms with Crippen LogP contribution in [-0.2, 0) is 6.54 Å². The molecule has 1 aliphatic rings. The highest BCUT2D eigenvalue weighted by Gasteiger charge is 2.24. The second-order valence-electron chi connectivity index (χ2n) is 5.47. The number of likely N-dealkylation sites (tertiary alicyclic amines) is 1. The van der Waals surface area contributed by atoms with E-state index in [0.717, 1.165) is 32.5 Å². The van der Waals surface area contributed by atoms with E-state index in [1.54, 1.807) is 18.3 Å². The summed E-state index contributed by atoms with van der Waals surface area (Å²) in [6.45, 7) is 2.57. The quantitative estimate of drug-likeness (QED) is 0.874. The predicted molar refractivity (Wildman–Crippen MR) is 82.3 cm³/mol. The lowest BCUT2D eigenvalue weighted by Gasteiger charge is -2.32. The number of carbonyl (C=O) groups excluding carboxylic acids is 1. The molecule has 0 saturated carbocycles. The molecule has 0 spiro atoms. The highest BCUT2D eigenvalue weighted by molar-refractivity contribution is 6.33. The highest BCUT2D eigenvalue weighted by Crippen LogP contribution is 2.23. The molecule has 110 valence electrons. The molecule has 1 aliphatic heterocycles. The molecule has 0 atom stereocenters. The maximum atomic E-state index is 12.5. The van der Waals surface area contributed by atoms with E-state index in [0.29, 0.717) is 16.5 Å². The molecule has 0 bridgehead atoms. The number of carbonyl (C=O) groups is 1. The van der Waals surface area contributed by atoms with Gasteiger partial charge >= 0.3 is 0 Å². The molecule has 0 unspecified atom stereocenters. The van der Waals surface area contributed by atoms with Gasteiger partial charge in [-0.2, -0.15) is 0 Å². The van der Waals surface area contributed by atoms with Crippen LogP contribution in [0.2, 0.25) is 5.02 Å². The molecule has 4 nitrogen and oxygen atoms in total. The second-order valence-corrected chi connectivity index (χ2v) is 5.88. The minimum absolute atomic E-state index is 0.0432. The van der Waals surface area contributed by atoms with Gasteiger partial charge in [0, 0.05) is 32.0 Å². The molecule has 2 aromatic rings. The smallest absolute Gasteiger partial charge is 0.255 e. The number of piperidine rings is 1. The van der Waals surface area contributed by atoms with Gasteiger partial charge in [-0.25, -0.2) is 4.98 Å². The molecule has 5 heteroatoms. The van der Waals surface area contributed by atoms with Crippen LogP contribution in [0.3, 0.4) is 0 Å². The number of hydrogen-bond donors (Lipinski definition) is 0. The fourth-order valence-electron chi connectivity index (χ4n) is 2.82. The highest BCUT2D eigenvalue weighted by atomic mass is 35.5. The first kappa shape index (κ1) is 14.1. The van der Waals surface area contributed by atoms with Crippen LogP contribution >= 0.6 is 11.6 Å². The SMILES string of the molecule is O=C(c1ccccc1Cl)N1CCC(Cn2ccnc2)CC1. The number of rotatable bonds is 3. The summed E-state index contributed by atoms with van der Waals surface area (Å²) in [4.78, 5) is 18.4. The van der Waals surface area contributed by atoms with E-state index >= 15 is 0 Å². The lowest BCUT2D eigenvalue weighted by Crippen LogP contribution is -2.39. The number of benzene rings is 1. The number of hydrogen-bond acceptors (Lipinski definition) is 2. The van der Waals surface area contributed by atoms with Crippen LogP contribution in [0, 0.1) is 5.92 Å². The van der Waals surface area contributed by atoms with Crippen molar-refractivity contribution in [1.29, 1.82) is 0 Å². The lowest BCUT2D eigenvalue weighted by molar-refractivity contribution is 0.0683. The van der Waals surface area contributed by atoms with Gasteiger partial charge in [-0.3, -0.25) is 4.79 Å². The molecule has 1 fully saturated rings. The number of amides is 1. The Labute approximate surface area is 129 Å². The zero-order chi connectivity index (χ0) is 14.7. The average molecular weight is 304 g/mol. The predicted octanol–water partition coefficient (Wildman–Crippen LogP) is 3.09. The van der Waals surface area contributed by atoms with Crippen LogP contribution in [0.15, 0.2) is 43.0 Å². The number of imidazole rings is 1. The van der Waals surface area contributed by atoms with Gasteiger partial charge in [0.15, 0.2) is 0 Å². The maximum absolute atomic E-state index is 12.5. The summed E-state index contributed by atoms with van der Waals surface area (Å²) in [7, 11) is 0. The van der Waals surface area contributed by atoms with Crippen molar-refractivity contribution in [2.45, 2.75) is 19.4 Å². The van der Waals surface area contributed by atoms with Crippen LogP contribution < -0.4 is 0 Å². The van der Waals surface area contributed by atoms with Gasteiger partial charge < -0.3 is 9.47 Å². The largest absolute Gasteiger partial charge is 0.339 e. The number of nitrogens with zero attached hydrogens (tertiary/aromatic N) is 3. The molecule has 1 aromatic carbocycles. The molecule has 0 N–H and O–H groups in total. The van der Waals surface area contributed by atoms with Crippen LogP contribution in [0.1, 0.15) is 23.2 Å². The maximum Gasteiger partial charge on any atom is 0.255 e. The second kappa shape index (κ2) is 6.31. The zero-order valence-electron chi connectivity index (χ0n) is 11.8. The molecule has 0 aliphatic carbocycles. The first-order chi connectivity index (χ1) is 10.2. The Morgan fingerprint density at radius 2 is 2.05 bits per heavy atom. The van der Waals surface area contributed by atoms with Gasteiger partial charge in [-0.15, -0.1) is 0 Å². The molecular formula is C16H18ClN3O. The molecule has 2 heterocycles. The number of halogens is 1. The van der Waals surface area contributed by atoms with Crippen LogP contribution in [0.5, 0.6) is 0 Å². The molecule has 1 saturated heterocycles. The van der Waals surface area contributed by atoms with E-state index in [9.17, 15) is 4.79 Å². The van der Waals surface area contributed by atoms with Crippen molar-refractivity contribution >= 4 is 17.5 Å². The van der Waals surface area contributed by atoms with Gasteiger partial charge in [0.2, 0.25) is 0 Å². The van der Waals surface area contributed by atoms with Gasteiger partial charge in [0.05, 0.1) is 16.9 Å². The minimum Gasteiger partial charge on any atom is -0.339 e. The van der Waals surface area contributed by atoms with Crippen molar-refractivity contribution in [1.82, 2.24) is 14.5 Å². The summed E-state index contributed by atoms with van der Waals surface area (Å²) in [5.74, 6) is 0.649. The van der Waals surface area contributed by atoms with Gasteiger partial charge in [-0.1, -0.05) is 23.7 Å². The molecule has 21 heavy (non-hydrogen) atoms. The fraction of sp³-hybridized carbons (Fsp3) is 0.375. The minimum atomic E-state index is 0.0432. The van der Waals surface area contributed by atoms with Gasteiger partial charge in [-0.05, 0) is 30.9 Å². The Kier molecular flexibility index (Phi) is 4.25. The van der Waals surface area contributed by atoms with E-state index < -0.39 is 0 Å². The summed E-state index contributed by atoms with van der Waals surface area (Å²) >= 11 is 6.10. The third-order valence-electron chi connectivity index (χ3n) is 4.03. The fourth-order valence-corrected chi connectivity index (χ4v) is 3.03. The van der Waals surface area contributed by atoms with E-state index in [4.69, 9.17) is 11.6 Å². The summed E-state index contributed by atoms with van der Waals surface area (Å²) in [6, 6.07) is 7.25. The Morgan fingerprint density at radius 3 is 2.71 bits per heavy atom. The third kappa shape index (κ3) is 3.27. The van der Waals surface area contributed by atoms with E-state index in [1.807, 2.05) is 29.6 Å². The topological polar surface area (TPSA) is 38.1 Å². The van der Waals surface area contributed by atoms with Gasteiger partial charge in [0.25, 0.3) is 5.91 Å². The standard InChI is InChI=1S/C16H18ClN3O/c17-15-4-2-1-3-14(15)16(21)20-8-5-13(6-9-20)11-19-10-7-18-12-19/h1-4,7,10,12-13H,5-6,8-9,11H2. The van der Waals surface area contributed by atoms with Crippen molar-refractivity contribution < 1.29 is 4.79 Å². The Morgan fingerprint density at radius 1 is 1.29 bits per heavy atom. The van der Waals surface area contributed by atoms with Crippen LogP contribution in [0.25, 0.3) is 0 Å². The average Bonchev–Trinajstić information content (AvgIpc) is 3.01. The summed E-state index contributed by atoms with van der Waals surface area (Å²) < 4.78 is 2.11. The Hall–Kier alpha value is -1.81. The molecule has 0 radical (unpaired) electrons. The van der Waals surface area contributed by atoms with Crippen LogP contribution in [0.4, 0.5) is 0 Å². The van der Waals surface area contributed by atoms with E-state index in [2.05, 4.69) is 9.55 Å². The van der Waals surface area contributed by atoms with E-state index in [1.165, 1.54) is 0 Å².